The number of para-hydroxylation sites is 1. The van der Waals surface area contributed by atoms with Crippen LogP contribution in [0.15, 0.2) is 60.0 Å². The number of hydrogen-bond donors (Lipinski definition) is 0. The van der Waals surface area contributed by atoms with Gasteiger partial charge >= 0.3 is 0 Å². The summed E-state index contributed by atoms with van der Waals surface area (Å²) in [7, 11) is 0. The summed E-state index contributed by atoms with van der Waals surface area (Å²) >= 11 is 7.94. The van der Waals surface area contributed by atoms with E-state index < -0.39 is 0 Å². The van der Waals surface area contributed by atoms with Crippen molar-refractivity contribution in [1.29, 1.82) is 0 Å². The predicted octanol–water partition coefficient (Wildman–Crippen LogP) is 5.63. The molecule has 1 amide bonds. The van der Waals surface area contributed by atoms with Crippen LogP contribution in [0.5, 0.6) is 5.75 Å². The lowest BCUT2D eigenvalue weighted by Gasteiger charge is -2.23. The molecule has 0 spiro atoms. The van der Waals surface area contributed by atoms with Crippen LogP contribution < -0.4 is 9.64 Å². The zero-order valence-electron chi connectivity index (χ0n) is 14.7. The third kappa shape index (κ3) is 4.65. The maximum Gasteiger partial charge on any atom is 0.265 e. The SMILES string of the molecule is Cc1cc(C)cc(OCC(=O)N(Cc2cccs2)c2ccccc2Cl)c1. The smallest absolute Gasteiger partial charge is 0.265 e. The molecule has 0 aliphatic carbocycles. The van der Waals surface area contributed by atoms with Gasteiger partial charge in [-0.15, -0.1) is 11.3 Å². The van der Waals surface area contributed by atoms with Gasteiger partial charge in [-0.1, -0.05) is 35.9 Å². The highest BCUT2D eigenvalue weighted by atomic mass is 35.5. The zero-order chi connectivity index (χ0) is 18.5. The van der Waals surface area contributed by atoms with Crippen LogP contribution in [0.25, 0.3) is 0 Å². The number of nitrogens with zero attached hydrogens (tertiary/aromatic N) is 1. The Kier molecular flexibility index (Phi) is 5.96. The van der Waals surface area contributed by atoms with Crippen molar-refractivity contribution in [3.05, 3.63) is 81.0 Å². The minimum absolute atomic E-state index is 0.0422. The molecule has 0 fully saturated rings. The van der Waals surface area contributed by atoms with Gasteiger partial charge in [-0.05, 0) is 60.7 Å². The Bertz CT molecular complexity index is 873. The molecule has 0 bridgehead atoms. The Morgan fingerprint density at radius 1 is 1.08 bits per heavy atom. The number of ether oxygens (including phenoxy) is 1. The molecule has 0 atom stereocenters. The third-order valence-corrected chi connectivity index (χ3v) is 5.08. The molecule has 2 aromatic carbocycles. The second-order valence-corrected chi connectivity index (χ2v) is 7.56. The molecule has 0 saturated carbocycles. The van der Waals surface area contributed by atoms with E-state index in [-0.39, 0.29) is 12.5 Å². The monoisotopic (exact) mass is 385 g/mol. The molecule has 0 saturated heterocycles. The van der Waals surface area contributed by atoms with Crippen molar-refractivity contribution in [2.45, 2.75) is 20.4 Å². The maximum absolute atomic E-state index is 12.9. The van der Waals surface area contributed by atoms with Gasteiger partial charge in [-0.25, -0.2) is 0 Å². The van der Waals surface area contributed by atoms with E-state index in [0.29, 0.717) is 23.0 Å². The highest BCUT2D eigenvalue weighted by Gasteiger charge is 2.19. The fourth-order valence-electron chi connectivity index (χ4n) is 2.78. The third-order valence-electron chi connectivity index (χ3n) is 3.90. The van der Waals surface area contributed by atoms with Gasteiger partial charge in [0.05, 0.1) is 17.3 Å². The van der Waals surface area contributed by atoms with Gasteiger partial charge in [0, 0.05) is 4.88 Å². The number of carbonyl (C=O) groups excluding carboxylic acids is 1. The molecule has 0 unspecified atom stereocenters. The first-order valence-electron chi connectivity index (χ1n) is 8.31. The Morgan fingerprint density at radius 3 is 2.46 bits per heavy atom. The maximum atomic E-state index is 12.9. The van der Waals surface area contributed by atoms with Crippen molar-refractivity contribution in [2.24, 2.45) is 0 Å². The summed E-state index contributed by atoms with van der Waals surface area (Å²) in [4.78, 5) is 15.7. The first kappa shape index (κ1) is 18.5. The minimum atomic E-state index is -0.134. The lowest BCUT2D eigenvalue weighted by molar-refractivity contribution is -0.120. The fraction of sp³-hybridized carbons (Fsp3) is 0.190. The van der Waals surface area contributed by atoms with E-state index in [4.69, 9.17) is 16.3 Å². The largest absolute Gasteiger partial charge is 0.484 e. The Labute approximate surface area is 162 Å². The average molecular weight is 386 g/mol. The van der Waals surface area contributed by atoms with Crippen LogP contribution in [0.1, 0.15) is 16.0 Å². The zero-order valence-corrected chi connectivity index (χ0v) is 16.3. The van der Waals surface area contributed by atoms with Gasteiger partial charge in [0.2, 0.25) is 0 Å². The number of hydrogen-bond acceptors (Lipinski definition) is 3. The first-order chi connectivity index (χ1) is 12.5. The van der Waals surface area contributed by atoms with Crippen molar-refractivity contribution in [2.75, 3.05) is 11.5 Å². The van der Waals surface area contributed by atoms with Gasteiger partial charge in [-0.2, -0.15) is 0 Å². The van der Waals surface area contributed by atoms with Crippen LogP contribution in [0.3, 0.4) is 0 Å². The molecule has 3 aromatic rings. The van der Waals surface area contributed by atoms with Gasteiger partial charge in [0.25, 0.3) is 5.91 Å². The van der Waals surface area contributed by atoms with Gasteiger partial charge in [0.15, 0.2) is 6.61 Å². The minimum Gasteiger partial charge on any atom is -0.484 e. The number of thiophene rings is 1. The predicted molar refractivity (Wildman–Crippen MR) is 108 cm³/mol. The Balaban J connectivity index is 1.79. The summed E-state index contributed by atoms with van der Waals surface area (Å²) in [5.74, 6) is 0.566. The summed E-state index contributed by atoms with van der Waals surface area (Å²) in [6.07, 6.45) is 0. The first-order valence-corrected chi connectivity index (χ1v) is 9.57. The summed E-state index contributed by atoms with van der Waals surface area (Å²) < 4.78 is 5.76. The summed E-state index contributed by atoms with van der Waals surface area (Å²) in [6, 6.07) is 17.3. The molecule has 0 aliphatic heterocycles. The Morgan fingerprint density at radius 2 is 1.81 bits per heavy atom. The fourth-order valence-corrected chi connectivity index (χ4v) is 3.71. The molecule has 5 heteroatoms. The van der Waals surface area contributed by atoms with Gasteiger partial charge in [0.1, 0.15) is 5.75 Å². The van der Waals surface area contributed by atoms with E-state index in [1.165, 1.54) is 0 Å². The van der Waals surface area contributed by atoms with Gasteiger partial charge in [-0.3, -0.25) is 4.79 Å². The second kappa shape index (κ2) is 8.39. The number of aryl methyl sites for hydroxylation is 2. The number of rotatable bonds is 6. The quantitative estimate of drug-likeness (QED) is 0.550. The lowest BCUT2D eigenvalue weighted by Crippen LogP contribution is -2.34. The van der Waals surface area contributed by atoms with Crippen molar-refractivity contribution < 1.29 is 9.53 Å². The van der Waals surface area contributed by atoms with E-state index in [0.717, 1.165) is 16.0 Å². The normalized spacial score (nSPS) is 10.6. The molecule has 26 heavy (non-hydrogen) atoms. The van der Waals surface area contributed by atoms with Crippen molar-refractivity contribution in [1.82, 2.24) is 0 Å². The second-order valence-electron chi connectivity index (χ2n) is 6.12. The van der Waals surface area contributed by atoms with Crippen molar-refractivity contribution in [3.63, 3.8) is 0 Å². The summed E-state index contributed by atoms with van der Waals surface area (Å²) in [6.45, 7) is 4.44. The molecule has 3 nitrogen and oxygen atoms in total. The highest BCUT2D eigenvalue weighted by molar-refractivity contribution is 7.09. The molecular formula is C21H20ClNO2S. The highest BCUT2D eigenvalue weighted by Crippen LogP contribution is 2.28. The standard InChI is InChI=1S/C21H20ClNO2S/c1-15-10-16(2)12-17(11-15)25-14-21(24)23(13-18-6-5-9-26-18)20-8-4-3-7-19(20)22/h3-12H,13-14H2,1-2H3. The molecule has 1 aromatic heterocycles. The average Bonchev–Trinajstić information content (AvgIpc) is 3.11. The molecule has 3 rings (SSSR count). The van der Waals surface area contributed by atoms with Crippen molar-refractivity contribution in [3.8, 4) is 5.75 Å². The Hall–Kier alpha value is -2.30. The summed E-state index contributed by atoms with van der Waals surface area (Å²) in [5.41, 5.74) is 2.90. The molecule has 0 N–H and O–H groups in total. The van der Waals surface area contributed by atoms with Gasteiger partial charge < -0.3 is 9.64 Å². The molecule has 134 valence electrons. The summed E-state index contributed by atoms with van der Waals surface area (Å²) in [5, 5.41) is 2.54. The van der Waals surface area contributed by atoms with Crippen LogP contribution in [0, 0.1) is 13.8 Å². The molecule has 0 radical (unpaired) electrons. The van der Waals surface area contributed by atoms with Crippen LogP contribution in [0.2, 0.25) is 5.02 Å². The number of amides is 1. The van der Waals surface area contributed by atoms with Crippen LogP contribution in [-0.4, -0.2) is 12.5 Å². The number of benzene rings is 2. The van der Waals surface area contributed by atoms with E-state index in [1.54, 1.807) is 22.3 Å². The number of carbonyl (C=O) groups is 1. The number of halogens is 1. The van der Waals surface area contributed by atoms with Crippen LogP contribution in [0.4, 0.5) is 5.69 Å². The van der Waals surface area contributed by atoms with E-state index in [9.17, 15) is 4.79 Å². The van der Waals surface area contributed by atoms with E-state index in [2.05, 4.69) is 6.07 Å². The van der Waals surface area contributed by atoms with Crippen molar-refractivity contribution >= 4 is 34.5 Å². The molecule has 0 aliphatic rings. The lowest BCUT2D eigenvalue weighted by atomic mass is 10.1. The van der Waals surface area contributed by atoms with Crippen LogP contribution >= 0.6 is 22.9 Å². The topological polar surface area (TPSA) is 29.5 Å². The molecule has 1 heterocycles. The van der Waals surface area contributed by atoms with E-state index >= 15 is 0 Å². The van der Waals surface area contributed by atoms with E-state index in [1.807, 2.05) is 61.7 Å². The molecular weight excluding hydrogens is 366 g/mol. The van der Waals surface area contributed by atoms with Crippen LogP contribution in [-0.2, 0) is 11.3 Å². The number of anilines is 1.